The van der Waals surface area contributed by atoms with E-state index in [1.54, 1.807) is 0 Å². The van der Waals surface area contributed by atoms with Gasteiger partial charge in [0.25, 0.3) is 0 Å². The lowest BCUT2D eigenvalue weighted by Crippen LogP contribution is -2.42. The highest BCUT2D eigenvalue weighted by Crippen LogP contribution is 2.20. The summed E-state index contributed by atoms with van der Waals surface area (Å²) in [6, 6.07) is 8.98. The van der Waals surface area contributed by atoms with Crippen LogP contribution < -0.4 is 5.32 Å². The van der Waals surface area contributed by atoms with Crippen molar-refractivity contribution < 1.29 is 4.74 Å². The standard InChI is InChI=1S/C14H20ClNO/c1-10-9-17-8-7-14(10)16-11(2)12-3-5-13(15)6-4-12/h3-6,10-11,14,16H,7-9H2,1-2H3/t10?,11-,14?/m1/s1. The molecule has 0 saturated carbocycles. The fourth-order valence-corrected chi connectivity index (χ4v) is 2.42. The van der Waals surface area contributed by atoms with Crippen LogP contribution in [0.25, 0.3) is 0 Å². The molecule has 1 saturated heterocycles. The summed E-state index contributed by atoms with van der Waals surface area (Å²) in [5.74, 6) is 0.582. The van der Waals surface area contributed by atoms with E-state index in [2.05, 4.69) is 31.3 Å². The van der Waals surface area contributed by atoms with Crippen LogP contribution in [-0.2, 0) is 4.74 Å². The smallest absolute Gasteiger partial charge is 0.0506 e. The van der Waals surface area contributed by atoms with E-state index < -0.39 is 0 Å². The second-order valence-electron chi connectivity index (χ2n) is 4.89. The van der Waals surface area contributed by atoms with Gasteiger partial charge in [0.1, 0.15) is 0 Å². The fourth-order valence-electron chi connectivity index (χ4n) is 2.30. The van der Waals surface area contributed by atoms with Crippen LogP contribution in [0.15, 0.2) is 24.3 Å². The predicted octanol–water partition coefficient (Wildman–Crippen LogP) is 3.42. The molecule has 1 aromatic rings. The van der Waals surface area contributed by atoms with Crippen LogP contribution >= 0.6 is 11.6 Å². The molecular weight excluding hydrogens is 234 g/mol. The van der Waals surface area contributed by atoms with Crippen LogP contribution in [0.5, 0.6) is 0 Å². The maximum Gasteiger partial charge on any atom is 0.0506 e. The Morgan fingerprint density at radius 2 is 2.06 bits per heavy atom. The molecule has 0 aromatic heterocycles. The molecule has 0 bridgehead atoms. The Kier molecular flexibility index (Phi) is 4.43. The first-order valence-electron chi connectivity index (χ1n) is 6.26. The maximum atomic E-state index is 5.89. The number of hydrogen-bond donors (Lipinski definition) is 1. The van der Waals surface area contributed by atoms with Gasteiger partial charge in [-0.25, -0.2) is 0 Å². The largest absolute Gasteiger partial charge is 0.381 e. The Balaban J connectivity index is 1.95. The Labute approximate surface area is 108 Å². The summed E-state index contributed by atoms with van der Waals surface area (Å²) in [4.78, 5) is 0. The van der Waals surface area contributed by atoms with E-state index in [0.29, 0.717) is 18.0 Å². The molecule has 17 heavy (non-hydrogen) atoms. The van der Waals surface area contributed by atoms with Gasteiger partial charge in [-0.1, -0.05) is 30.7 Å². The van der Waals surface area contributed by atoms with Crippen molar-refractivity contribution in [3.05, 3.63) is 34.9 Å². The first-order valence-corrected chi connectivity index (χ1v) is 6.64. The minimum Gasteiger partial charge on any atom is -0.381 e. The Bertz CT molecular complexity index is 352. The van der Waals surface area contributed by atoms with Crippen LogP contribution in [-0.4, -0.2) is 19.3 Å². The van der Waals surface area contributed by atoms with E-state index in [9.17, 15) is 0 Å². The SMILES string of the molecule is CC1COCCC1N[C@H](C)c1ccc(Cl)cc1. The highest BCUT2D eigenvalue weighted by Gasteiger charge is 2.23. The number of benzene rings is 1. The van der Waals surface area contributed by atoms with Gasteiger partial charge in [-0.05, 0) is 37.0 Å². The van der Waals surface area contributed by atoms with Gasteiger partial charge in [0.05, 0.1) is 6.61 Å². The molecule has 0 radical (unpaired) electrons. The minimum atomic E-state index is 0.359. The molecule has 94 valence electrons. The molecule has 2 rings (SSSR count). The first kappa shape index (κ1) is 12.9. The molecule has 1 fully saturated rings. The number of halogens is 1. The number of rotatable bonds is 3. The van der Waals surface area contributed by atoms with Crippen LogP contribution in [0.2, 0.25) is 5.02 Å². The highest BCUT2D eigenvalue weighted by atomic mass is 35.5. The summed E-state index contributed by atoms with van der Waals surface area (Å²) in [5, 5.41) is 4.47. The lowest BCUT2D eigenvalue weighted by Gasteiger charge is -2.32. The number of hydrogen-bond acceptors (Lipinski definition) is 2. The highest BCUT2D eigenvalue weighted by molar-refractivity contribution is 6.30. The second kappa shape index (κ2) is 5.85. The van der Waals surface area contributed by atoms with Crippen molar-refractivity contribution >= 4 is 11.6 Å². The molecule has 3 atom stereocenters. The molecule has 1 heterocycles. The van der Waals surface area contributed by atoms with Crippen LogP contribution in [0.1, 0.15) is 31.9 Å². The van der Waals surface area contributed by atoms with Crippen molar-refractivity contribution in [1.29, 1.82) is 0 Å². The molecule has 3 heteroatoms. The molecule has 1 aliphatic heterocycles. The molecular formula is C14H20ClNO. The van der Waals surface area contributed by atoms with Gasteiger partial charge in [0.15, 0.2) is 0 Å². The van der Waals surface area contributed by atoms with Crippen LogP contribution in [0.4, 0.5) is 0 Å². The van der Waals surface area contributed by atoms with Crippen molar-refractivity contribution in [3.63, 3.8) is 0 Å². The van der Waals surface area contributed by atoms with E-state index in [1.807, 2.05) is 12.1 Å². The van der Waals surface area contributed by atoms with Gasteiger partial charge in [0, 0.05) is 23.7 Å². The van der Waals surface area contributed by atoms with Gasteiger partial charge in [0.2, 0.25) is 0 Å². The normalized spacial score (nSPS) is 26.8. The van der Waals surface area contributed by atoms with Crippen molar-refractivity contribution in [3.8, 4) is 0 Å². The zero-order valence-corrected chi connectivity index (χ0v) is 11.2. The molecule has 1 aromatic carbocycles. The maximum absolute atomic E-state index is 5.89. The summed E-state index contributed by atoms with van der Waals surface area (Å²) in [6.07, 6.45) is 1.10. The lowest BCUT2D eigenvalue weighted by molar-refractivity contribution is 0.0363. The first-order chi connectivity index (χ1) is 8.16. The summed E-state index contributed by atoms with van der Waals surface area (Å²) >= 11 is 5.89. The second-order valence-corrected chi connectivity index (χ2v) is 5.32. The predicted molar refractivity (Wildman–Crippen MR) is 71.4 cm³/mol. The fraction of sp³-hybridized carbons (Fsp3) is 0.571. The van der Waals surface area contributed by atoms with Crippen LogP contribution in [0.3, 0.4) is 0 Å². The van der Waals surface area contributed by atoms with E-state index in [1.165, 1.54) is 5.56 Å². The van der Waals surface area contributed by atoms with E-state index in [-0.39, 0.29) is 0 Å². The molecule has 0 aliphatic carbocycles. The van der Waals surface area contributed by atoms with Crippen molar-refractivity contribution in [2.24, 2.45) is 5.92 Å². The van der Waals surface area contributed by atoms with Gasteiger partial charge in [-0.3, -0.25) is 0 Å². The topological polar surface area (TPSA) is 21.3 Å². The van der Waals surface area contributed by atoms with Gasteiger partial charge in [-0.2, -0.15) is 0 Å². The molecule has 1 N–H and O–H groups in total. The summed E-state index contributed by atoms with van der Waals surface area (Å²) in [5.41, 5.74) is 1.29. The van der Waals surface area contributed by atoms with Gasteiger partial charge < -0.3 is 10.1 Å². The Morgan fingerprint density at radius 3 is 2.71 bits per heavy atom. The monoisotopic (exact) mass is 253 g/mol. The van der Waals surface area contributed by atoms with Crippen molar-refractivity contribution in [2.45, 2.75) is 32.4 Å². The summed E-state index contributed by atoms with van der Waals surface area (Å²) in [6.45, 7) is 6.18. The number of nitrogens with one attached hydrogen (secondary N) is 1. The zero-order valence-electron chi connectivity index (χ0n) is 10.4. The summed E-state index contributed by atoms with van der Waals surface area (Å²) in [7, 11) is 0. The third-order valence-corrected chi connectivity index (χ3v) is 3.73. The Morgan fingerprint density at radius 1 is 1.35 bits per heavy atom. The molecule has 2 unspecified atom stereocenters. The van der Waals surface area contributed by atoms with E-state index in [4.69, 9.17) is 16.3 Å². The quantitative estimate of drug-likeness (QED) is 0.891. The van der Waals surface area contributed by atoms with E-state index >= 15 is 0 Å². The number of ether oxygens (including phenoxy) is 1. The molecule has 2 nitrogen and oxygen atoms in total. The third-order valence-electron chi connectivity index (χ3n) is 3.47. The average molecular weight is 254 g/mol. The van der Waals surface area contributed by atoms with Crippen molar-refractivity contribution in [1.82, 2.24) is 5.32 Å². The molecule has 0 spiro atoms. The van der Waals surface area contributed by atoms with Crippen molar-refractivity contribution in [2.75, 3.05) is 13.2 Å². The lowest BCUT2D eigenvalue weighted by atomic mass is 9.96. The van der Waals surface area contributed by atoms with Gasteiger partial charge in [-0.15, -0.1) is 0 Å². The average Bonchev–Trinajstić information content (AvgIpc) is 2.33. The summed E-state index contributed by atoms with van der Waals surface area (Å²) < 4.78 is 5.46. The van der Waals surface area contributed by atoms with Gasteiger partial charge >= 0.3 is 0 Å². The minimum absolute atomic E-state index is 0.359. The Hall–Kier alpha value is -0.570. The zero-order chi connectivity index (χ0) is 12.3. The third kappa shape index (κ3) is 3.44. The molecule has 0 amide bonds. The molecule has 1 aliphatic rings. The van der Waals surface area contributed by atoms with Crippen LogP contribution in [0, 0.1) is 5.92 Å². The van der Waals surface area contributed by atoms with E-state index in [0.717, 1.165) is 24.7 Å².